The maximum absolute atomic E-state index is 10.1. The van der Waals surface area contributed by atoms with Crippen LogP contribution < -0.4 is 4.74 Å². The topological polar surface area (TPSA) is 42.4 Å². The van der Waals surface area contributed by atoms with Crippen molar-refractivity contribution in [3.05, 3.63) is 45.9 Å². The quantitative estimate of drug-likeness (QED) is 0.889. The monoisotopic (exact) mass is 235 g/mol. The molecule has 1 unspecified atom stereocenters. The van der Waals surface area contributed by atoms with Crippen molar-refractivity contribution < 1.29 is 9.84 Å². The summed E-state index contributed by atoms with van der Waals surface area (Å²) in [4.78, 5) is 5.03. The molecule has 2 rings (SSSR count). The van der Waals surface area contributed by atoms with E-state index in [1.165, 1.54) is 11.3 Å². The van der Waals surface area contributed by atoms with Crippen molar-refractivity contribution >= 4 is 11.3 Å². The smallest absolute Gasteiger partial charge is 0.129 e. The number of aliphatic hydroxyl groups excluding tert-OH is 1. The number of nitrogens with zero attached hydrogens (tertiary/aromatic N) is 1. The zero-order chi connectivity index (χ0) is 11.5. The van der Waals surface area contributed by atoms with Crippen molar-refractivity contribution in [2.45, 2.75) is 13.0 Å². The fourth-order valence-corrected chi connectivity index (χ4v) is 2.26. The number of aliphatic hydroxyl groups is 1. The summed E-state index contributed by atoms with van der Waals surface area (Å²) in [5, 5.41) is 12.0. The van der Waals surface area contributed by atoms with Crippen LogP contribution in [0.25, 0.3) is 0 Å². The van der Waals surface area contributed by atoms with Gasteiger partial charge in [-0.15, -0.1) is 11.3 Å². The van der Waals surface area contributed by atoms with Crippen LogP contribution in [0, 0.1) is 6.92 Å². The molecule has 0 saturated carbocycles. The second-order valence-electron chi connectivity index (χ2n) is 3.52. The second-order valence-corrected chi connectivity index (χ2v) is 4.47. The number of ether oxygens (including phenoxy) is 1. The summed E-state index contributed by atoms with van der Waals surface area (Å²) in [5.74, 6) is 0.777. The predicted molar refractivity (Wildman–Crippen MR) is 63.9 cm³/mol. The average Bonchev–Trinajstić information content (AvgIpc) is 2.77. The first kappa shape index (κ1) is 11.1. The van der Waals surface area contributed by atoms with E-state index >= 15 is 0 Å². The number of hydrogen-bond donors (Lipinski definition) is 1. The van der Waals surface area contributed by atoms with Crippen LogP contribution in [-0.4, -0.2) is 17.2 Å². The lowest BCUT2D eigenvalue weighted by Gasteiger charge is -2.08. The number of aromatic nitrogens is 1. The maximum Gasteiger partial charge on any atom is 0.129 e. The van der Waals surface area contributed by atoms with Crippen LogP contribution in [0.15, 0.2) is 29.8 Å². The van der Waals surface area contributed by atoms with Crippen molar-refractivity contribution in [1.29, 1.82) is 0 Å². The minimum atomic E-state index is -0.623. The Morgan fingerprint density at radius 2 is 2.25 bits per heavy atom. The largest absolute Gasteiger partial charge is 0.496 e. The van der Waals surface area contributed by atoms with Gasteiger partial charge in [-0.3, -0.25) is 4.98 Å². The highest BCUT2D eigenvalue weighted by molar-refractivity contribution is 7.10. The average molecular weight is 235 g/mol. The Labute approximate surface area is 98.4 Å². The van der Waals surface area contributed by atoms with E-state index in [2.05, 4.69) is 4.98 Å². The van der Waals surface area contributed by atoms with Gasteiger partial charge in [0, 0.05) is 27.7 Å². The second kappa shape index (κ2) is 4.63. The molecule has 0 amide bonds. The van der Waals surface area contributed by atoms with E-state index in [4.69, 9.17) is 4.74 Å². The molecule has 2 aromatic rings. The Morgan fingerprint density at radius 1 is 1.44 bits per heavy atom. The van der Waals surface area contributed by atoms with Gasteiger partial charge < -0.3 is 9.84 Å². The molecule has 0 aliphatic carbocycles. The number of thiophene rings is 1. The summed E-state index contributed by atoms with van der Waals surface area (Å²) in [7, 11) is 1.62. The summed E-state index contributed by atoms with van der Waals surface area (Å²) >= 11 is 1.48. The zero-order valence-electron chi connectivity index (χ0n) is 9.18. The van der Waals surface area contributed by atoms with Gasteiger partial charge in [0.15, 0.2) is 0 Å². The van der Waals surface area contributed by atoms with Crippen LogP contribution in [0.5, 0.6) is 5.75 Å². The number of rotatable bonds is 3. The molecule has 16 heavy (non-hydrogen) atoms. The first-order valence-electron chi connectivity index (χ1n) is 4.93. The fraction of sp³-hybridized carbons (Fsp3) is 0.250. The Morgan fingerprint density at radius 3 is 2.81 bits per heavy atom. The lowest BCUT2D eigenvalue weighted by atomic mass is 10.1. The molecular weight excluding hydrogens is 222 g/mol. The van der Waals surface area contributed by atoms with Crippen molar-refractivity contribution in [2.24, 2.45) is 0 Å². The van der Waals surface area contributed by atoms with E-state index in [1.54, 1.807) is 13.3 Å². The van der Waals surface area contributed by atoms with Gasteiger partial charge in [0.05, 0.1) is 7.11 Å². The first-order valence-corrected chi connectivity index (χ1v) is 5.81. The van der Waals surface area contributed by atoms with E-state index in [1.807, 2.05) is 30.5 Å². The summed E-state index contributed by atoms with van der Waals surface area (Å²) < 4.78 is 5.08. The van der Waals surface area contributed by atoms with E-state index < -0.39 is 6.10 Å². The van der Waals surface area contributed by atoms with Gasteiger partial charge in [0.25, 0.3) is 0 Å². The summed E-state index contributed by atoms with van der Waals surface area (Å²) in [6, 6.07) is 5.62. The molecule has 1 atom stereocenters. The van der Waals surface area contributed by atoms with E-state index in [0.29, 0.717) is 0 Å². The van der Waals surface area contributed by atoms with Crippen molar-refractivity contribution in [3.63, 3.8) is 0 Å². The Kier molecular flexibility index (Phi) is 3.22. The Hall–Kier alpha value is -1.39. The van der Waals surface area contributed by atoms with Crippen molar-refractivity contribution in [2.75, 3.05) is 7.11 Å². The van der Waals surface area contributed by atoms with Crippen LogP contribution in [0.3, 0.4) is 0 Å². The predicted octanol–water partition coefficient (Wildman–Crippen LogP) is 2.54. The highest BCUT2D eigenvalue weighted by atomic mass is 32.1. The minimum Gasteiger partial charge on any atom is -0.496 e. The third-order valence-corrected chi connectivity index (χ3v) is 3.31. The molecular formula is C12H13NO2S. The van der Waals surface area contributed by atoms with Crippen molar-refractivity contribution in [1.82, 2.24) is 4.98 Å². The van der Waals surface area contributed by atoms with Crippen LogP contribution in [0.1, 0.15) is 22.2 Å². The number of pyridine rings is 1. The Balaban J connectivity index is 2.24. The lowest BCUT2D eigenvalue weighted by Crippen LogP contribution is -1.98. The van der Waals surface area contributed by atoms with Crippen LogP contribution in [0.4, 0.5) is 0 Å². The Bertz CT molecular complexity index is 464. The molecule has 2 aromatic heterocycles. The summed E-state index contributed by atoms with van der Waals surface area (Å²) in [6.07, 6.45) is 1.08. The number of methoxy groups -OCH3 is 1. The normalized spacial score (nSPS) is 12.4. The summed E-state index contributed by atoms with van der Waals surface area (Å²) in [5.41, 5.74) is 1.75. The zero-order valence-corrected chi connectivity index (χ0v) is 9.99. The van der Waals surface area contributed by atoms with Crippen molar-refractivity contribution in [3.8, 4) is 5.75 Å². The number of hydrogen-bond acceptors (Lipinski definition) is 4. The third-order valence-electron chi connectivity index (χ3n) is 2.35. The molecule has 0 aromatic carbocycles. The first-order chi connectivity index (χ1) is 7.70. The van der Waals surface area contributed by atoms with Crippen LogP contribution in [0.2, 0.25) is 0 Å². The van der Waals surface area contributed by atoms with Crippen LogP contribution in [-0.2, 0) is 0 Å². The molecule has 0 spiro atoms. The van der Waals surface area contributed by atoms with E-state index in [-0.39, 0.29) is 0 Å². The molecule has 0 bridgehead atoms. The highest BCUT2D eigenvalue weighted by Crippen LogP contribution is 2.30. The van der Waals surface area contributed by atoms with Gasteiger partial charge in [-0.05, 0) is 19.1 Å². The molecule has 0 saturated heterocycles. The lowest BCUT2D eigenvalue weighted by molar-refractivity contribution is 0.223. The molecule has 0 fully saturated rings. The fourth-order valence-electron chi connectivity index (χ4n) is 1.39. The third kappa shape index (κ3) is 2.23. The maximum atomic E-state index is 10.1. The molecule has 4 heteroatoms. The van der Waals surface area contributed by atoms with Gasteiger partial charge in [-0.2, -0.15) is 0 Å². The van der Waals surface area contributed by atoms with Gasteiger partial charge in [-0.25, -0.2) is 0 Å². The van der Waals surface area contributed by atoms with Gasteiger partial charge >= 0.3 is 0 Å². The molecule has 84 valence electrons. The molecule has 0 aliphatic heterocycles. The van der Waals surface area contributed by atoms with Crippen LogP contribution >= 0.6 is 11.3 Å². The molecule has 3 nitrogen and oxygen atoms in total. The van der Waals surface area contributed by atoms with E-state index in [9.17, 15) is 5.11 Å². The minimum absolute atomic E-state index is 0.623. The number of aryl methyl sites for hydroxylation is 1. The van der Waals surface area contributed by atoms with E-state index in [0.717, 1.165) is 21.9 Å². The highest BCUT2D eigenvalue weighted by Gasteiger charge is 2.13. The summed E-state index contributed by atoms with van der Waals surface area (Å²) in [6.45, 7) is 1.92. The van der Waals surface area contributed by atoms with Gasteiger partial charge in [-0.1, -0.05) is 6.07 Å². The van der Waals surface area contributed by atoms with Gasteiger partial charge in [0.1, 0.15) is 11.9 Å². The molecule has 2 heterocycles. The standard InChI is InChI=1S/C12H13NO2S/c1-8-3-4-9(6-13-8)12(14)11-5-10(15-2)7-16-11/h3-7,12,14H,1-2H3. The molecule has 0 radical (unpaired) electrons. The van der Waals surface area contributed by atoms with Gasteiger partial charge in [0.2, 0.25) is 0 Å². The molecule has 1 N–H and O–H groups in total. The SMILES string of the molecule is COc1csc(C(O)c2ccc(C)nc2)c1. The molecule has 0 aliphatic rings.